The molecule has 5 heteroatoms. The second-order valence-corrected chi connectivity index (χ2v) is 2.58. The van der Waals surface area contributed by atoms with Crippen LogP contribution >= 0.6 is 0 Å². The van der Waals surface area contributed by atoms with Crippen molar-refractivity contribution in [1.29, 1.82) is 0 Å². The van der Waals surface area contributed by atoms with Gasteiger partial charge >= 0.3 is 5.97 Å². The fourth-order valence-electron chi connectivity index (χ4n) is 0.945. The first-order chi connectivity index (χ1) is 5.74. The van der Waals surface area contributed by atoms with Gasteiger partial charge in [0.25, 0.3) is 0 Å². The predicted molar refractivity (Wildman–Crippen MR) is 42.5 cm³/mol. The van der Waals surface area contributed by atoms with Crippen molar-refractivity contribution in [2.45, 2.75) is 6.42 Å². The highest BCUT2D eigenvalue weighted by molar-refractivity contribution is 5.70. The van der Waals surface area contributed by atoms with E-state index in [1.807, 2.05) is 0 Å². The topological polar surface area (TPSA) is 92.0 Å². The number of hydrogen-bond acceptors (Lipinski definition) is 3. The summed E-state index contributed by atoms with van der Waals surface area (Å²) in [5, 5.41) is 15.0. The number of nitrogens with one attached hydrogen (secondary N) is 1. The number of carboxylic acid groups (broad SMARTS) is 1. The molecule has 0 fully saturated rings. The third-order valence-corrected chi connectivity index (χ3v) is 1.67. The summed E-state index contributed by atoms with van der Waals surface area (Å²) in [5.74, 6) is -1.37. The molecule has 1 aromatic rings. The van der Waals surface area contributed by atoms with Crippen molar-refractivity contribution in [2.75, 3.05) is 6.54 Å². The van der Waals surface area contributed by atoms with Crippen LogP contribution in [-0.4, -0.2) is 27.8 Å². The van der Waals surface area contributed by atoms with Crippen molar-refractivity contribution in [3.63, 3.8) is 0 Å². The van der Waals surface area contributed by atoms with Gasteiger partial charge in [-0.15, -0.1) is 0 Å². The van der Waals surface area contributed by atoms with Crippen LogP contribution in [-0.2, 0) is 11.2 Å². The minimum atomic E-state index is -0.862. The second kappa shape index (κ2) is 3.87. The molecule has 1 rings (SSSR count). The van der Waals surface area contributed by atoms with Gasteiger partial charge in [-0.25, -0.2) is 0 Å². The van der Waals surface area contributed by atoms with Crippen LogP contribution in [0.3, 0.4) is 0 Å². The van der Waals surface area contributed by atoms with E-state index in [-0.39, 0.29) is 6.54 Å². The first-order valence-electron chi connectivity index (χ1n) is 3.64. The number of rotatable bonds is 4. The molecular formula is C7H11N3O2. The number of nitrogens with zero attached hydrogens (tertiary/aromatic N) is 1. The third-order valence-electron chi connectivity index (χ3n) is 1.67. The Morgan fingerprint density at radius 3 is 3.00 bits per heavy atom. The second-order valence-electron chi connectivity index (χ2n) is 2.58. The Bertz CT molecular complexity index is 245. The lowest BCUT2D eigenvalue weighted by atomic mass is 10.0. The Morgan fingerprint density at radius 2 is 2.58 bits per heavy atom. The van der Waals surface area contributed by atoms with Crippen LogP contribution < -0.4 is 5.73 Å². The maximum absolute atomic E-state index is 10.5. The first-order valence-corrected chi connectivity index (χ1v) is 3.64. The van der Waals surface area contributed by atoms with Crippen molar-refractivity contribution < 1.29 is 9.90 Å². The molecule has 0 aliphatic rings. The molecule has 1 aromatic heterocycles. The zero-order valence-electron chi connectivity index (χ0n) is 6.53. The van der Waals surface area contributed by atoms with Gasteiger partial charge in [-0.2, -0.15) is 5.10 Å². The van der Waals surface area contributed by atoms with E-state index >= 15 is 0 Å². The SMILES string of the molecule is NCC(Cc1cn[nH]c1)C(=O)O. The number of hydrogen-bond donors (Lipinski definition) is 3. The van der Waals surface area contributed by atoms with E-state index in [0.717, 1.165) is 5.56 Å². The van der Waals surface area contributed by atoms with Crippen LogP contribution in [0.2, 0.25) is 0 Å². The largest absolute Gasteiger partial charge is 0.481 e. The molecule has 0 saturated carbocycles. The molecule has 1 heterocycles. The van der Waals surface area contributed by atoms with Gasteiger partial charge in [-0.05, 0) is 12.0 Å². The van der Waals surface area contributed by atoms with Crippen LogP contribution in [0.25, 0.3) is 0 Å². The summed E-state index contributed by atoms with van der Waals surface area (Å²) in [6.07, 6.45) is 3.71. The lowest BCUT2D eigenvalue weighted by molar-refractivity contribution is -0.141. The zero-order valence-corrected chi connectivity index (χ0v) is 6.53. The highest BCUT2D eigenvalue weighted by Crippen LogP contribution is 2.05. The van der Waals surface area contributed by atoms with Crippen molar-refractivity contribution in [2.24, 2.45) is 11.7 Å². The Balaban J connectivity index is 2.54. The molecule has 0 radical (unpaired) electrons. The molecule has 66 valence electrons. The lowest BCUT2D eigenvalue weighted by Crippen LogP contribution is -2.25. The fraction of sp³-hybridized carbons (Fsp3) is 0.429. The Labute approximate surface area is 69.6 Å². The van der Waals surface area contributed by atoms with Crippen LogP contribution in [0.1, 0.15) is 5.56 Å². The molecule has 1 unspecified atom stereocenters. The average Bonchev–Trinajstić information content (AvgIpc) is 2.51. The van der Waals surface area contributed by atoms with E-state index in [4.69, 9.17) is 10.8 Å². The molecule has 0 amide bonds. The number of aromatic nitrogens is 2. The minimum absolute atomic E-state index is 0.153. The van der Waals surface area contributed by atoms with E-state index < -0.39 is 11.9 Å². The number of carboxylic acids is 1. The van der Waals surface area contributed by atoms with Crippen LogP contribution in [0, 0.1) is 5.92 Å². The van der Waals surface area contributed by atoms with Gasteiger partial charge in [0.15, 0.2) is 0 Å². The molecule has 0 aliphatic heterocycles. The highest BCUT2D eigenvalue weighted by atomic mass is 16.4. The first kappa shape index (κ1) is 8.73. The van der Waals surface area contributed by atoms with Crippen molar-refractivity contribution in [3.05, 3.63) is 18.0 Å². The van der Waals surface area contributed by atoms with E-state index in [1.54, 1.807) is 12.4 Å². The van der Waals surface area contributed by atoms with E-state index in [2.05, 4.69) is 10.2 Å². The summed E-state index contributed by atoms with van der Waals surface area (Å²) in [6, 6.07) is 0. The summed E-state index contributed by atoms with van der Waals surface area (Å²) >= 11 is 0. The number of aliphatic carboxylic acids is 1. The highest BCUT2D eigenvalue weighted by Gasteiger charge is 2.15. The number of H-pyrrole nitrogens is 1. The molecule has 0 bridgehead atoms. The summed E-state index contributed by atoms with van der Waals surface area (Å²) in [4.78, 5) is 10.5. The standard InChI is InChI=1S/C7H11N3O2/c8-2-6(7(11)12)1-5-3-9-10-4-5/h3-4,6H,1-2,8H2,(H,9,10)(H,11,12). The van der Waals surface area contributed by atoms with Gasteiger partial charge in [0.1, 0.15) is 0 Å². The van der Waals surface area contributed by atoms with Crippen molar-refractivity contribution in [1.82, 2.24) is 10.2 Å². The van der Waals surface area contributed by atoms with Crippen LogP contribution in [0.4, 0.5) is 0 Å². The summed E-state index contributed by atoms with van der Waals surface area (Å²) < 4.78 is 0. The summed E-state index contributed by atoms with van der Waals surface area (Å²) in [5.41, 5.74) is 6.15. The van der Waals surface area contributed by atoms with Gasteiger partial charge in [0, 0.05) is 12.7 Å². The Kier molecular flexibility index (Phi) is 2.82. The zero-order chi connectivity index (χ0) is 8.97. The molecule has 5 nitrogen and oxygen atoms in total. The van der Waals surface area contributed by atoms with Crippen molar-refractivity contribution in [3.8, 4) is 0 Å². The summed E-state index contributed by atoms with van der Waals surface area (Å²) in [7, 11) is 0. The number of aromatic amines is 1. The van der Waals surface area contributed by atoms with Crippen LogP contribution in [0.5, 0.6) is 0 Å². The molecule has 1 atom stereocenters. The van der Waals surface area contributed by atoms with E-state index in [0.29, 0.717) is 6.42 Å². The average molecular weight is 169 g/mol. The maximum atomic E-state index is 10.5. The maximum Gasteiger partial charge on any atom is 0.308 e. The monoisotopic (exact) mass is 169 g/mol. The van der Waals surface area contributed by atoms with E-state index in [1.165, 1.54) is 0 Å². The van der Waals surface area contributed by atoms with Gasteiger partial charge in [0.2, 0.25) is 0 Å². The normalized spacial score (nSPS) is 12.8. The lowest BCUT2D eigenvalue weighted by Gasteiger charge is -2.06. The van der Waals surface area contributed by atoms with Crippen molar-refractivity contribution >= 4 is 5.97 Å². The smallest absolute Gasteiger partial charge is 0.308 e. The molecule has 12 heavy (non-hydrogen) atoms. The molecule has 0 saturated heterocycles. The quantitative estimate of drug-likeness (QED) is 0.572. The number of nitrogens with two attached hydrogens (primary N) is 1. The van der Waals surface area contributed by atoms with Gasteiger partial charge < -0.3 is 10.8 Å². The van der Waals surface area contributed by atoms with Gasteiger partial charge in [-0.1, -0.05) is 0 Å². The molecule has 0 aromatic carbocycles. The molecule has 0 spiro atoms. The summed E-state index contributed by atoms with van der Waals surface area (Å²) in [6.45, 7) is 0.153. The van der Waals surface area contributed by atoms with E-state index in [9.17, 15) is 4.79 Å². The van der Waals surface area contributed by atoms with Gasteiger partial charge in [0.05, 0.1) is 12.1 Å². The fourth-order valence-corrected chi connectivity index (χ4v) is 0.945. The Hall–Kier alpha value is -1.36. The predicted octanol–water partition coefficient (Wildman–Crippen LogP) is -0.388. The molecule has 0 aliphatic carbocycles. The molecular weight excluding hydrogens is 158 g/mol. The third kappa shape index (κ3) is 2.06. The number of carbonyl (C=O) groups is 1. The molecule has 4 N–H and O–H groups in total. The Morgan fingerprint density at radius 1 is 1.83 bits per heavy atom. The van der Waals surface area contributed by atoms with Crippen LogP contribution in [0.15, 0.2) is 12.4 Å². The van der Waals surface area contributed by atoms with Gasteiger partial charge in [-0.3, -0.25) is 9.89 Å². The minimum Gasteiger partial charge on any atom is -0.481 e.